The van der Waals surface area contributed by atoms with Crippen molar-refractivity contribution >= 4 is 11.4 Å². The van der Waals surface area contributed by atoms with E-state index in [0.29, 0.717) is 18.8 Å². The maximum absolute atomic E-state index is 14.7. The predicted octanol–water partition coefficient (Wildman–Crippen LogP) is 5.72. The molecule has 0 saturated heterocycles. The first-order valence-electron chi connectivity index (χ1n) is 9.94. The largest absolute Gasteiger partial charge is 0.383 e. The summed E-state index contributed by atoms with van der Waals surface area (Å²) in [6.45, 7) is 5.25. The van der Waals surface area contributed by atoms with Gasteiger partial charge in [-0.2, -0.15) is 0 Å². The van der Waals surface area contributed by atoms with Gasteiger partial charge < -0.3 is 15.4 Å². The molecule has 0 bridgehead atoms. The molecule has 0 saturated carbocycles. The van der Waals surface area contributed by atoms with Gasteiger partial charge in [0.1, 0.15) is 5.82 Å². The molecule has 0 radical (unpaired) electrons. The van der Waals surface area contributed by atoms with Crippen molar-refractivity contribution in [1.29, 1.82) is 0 Å². The second-order valence-electron chi connectivity index (χ2n) is 7.49. The Bertz CT molecular complexity index is 907. The lowest BCUT2D eigenvalue weighted by Crippen LogP contribution is -2.28. The van der Waals surface area contributed by atoms with E-state index in [-0.39, 0.29) is 11.9 Å². The first kappa shape index (κ1) is 20.9. The molecule has 4 heteroatoms. The summed E-state index contributed by atoms with van der Waals surface area (Å²) < 4.78 is 20.1. The molecule has 0 aliphatic rings. The van der Waals surface area contributed by atoms with Crippen molar-refractivity contribution in [1.82, 2.24) is 0 Å². The van der Waals surface area contributed by atoms with E-state index in [1.807, 2.05) is 6.07 Å². The minimum atomic E-state index is -0.274. The minimum Gasteiger partial charge on any atom is -0.383 e. The molecule has 29 heavy (non-hydrogen) atoms. The number of anilines is 2. The Morgan fingerprint density at radius 2 is 1.48 bits per heavy atom. The Labute approximate surface area is 172 Å². The van der Waals surface area contributed by atoms with Crippen LogP contribution < -0.4 is 10.6 Å². The van der Waals surface area contributed by atoms with Crippen LogP contribution in [-0.2, 0) is 17.7 Å². The number of nitrogens with one attached hydrogen (secondary N) is 2. The van der Waals surface area contributed by atoms with Crippen molar-refractivity contribution in [3.63, 3.8) is 0 Å². The smallest absolute Gasteiger partial charge is 0.148 e. The Morgan fingerprint density at radius 1 is 0.862 bits per heavy atom. The first-order chi connectivity index (χ1) is 14.0. The van der Waals surface area contributed by atoms with Gasteiger partial charge in [0.15, 0.2) is 0 Å². The van der Waals surface area contributed by atoms with Crippen molar-refractivity contribution in [2.24, 2.45) is 0 Å². The summed E-state index contributed by atoms with van der Waals surface area (Å²) in [6, 6.07) is 21.8. The van der Waals surface area contributed by atoms with Crippen LogP contribution in [0.25, 0.3) is 0 Å². The summed E-state index contributed by atoms with van der Waals surface area (Å²) in [7, 11) is 1.67. The number of rotatable bonds is 9. The lowest BCUT2D eigenvalue weighted by Gasteiger charge is -2.22. The van der Waals surface area contributed by atoms with Crippen molar-refractivity contribution in [2.45, 2.75) is 32.9 Å². The van der Waals surface area contributed by atoms with Gasteiger partial charge in [0.25, 0.3) is 0 Å². The van der Waals surface area contributed by atoms with Crippen LogP contribution >= 0.6 is 0 Å². The summed E-state index contributed by atoms with van der Waals surface area (Å²) in [5.41, 5.74) is 6.01. The summed E-state index contributed by atoms with van der Waals surface area (Å²) in [5, 5.41) is 6.73. The van der Waals surface area contributed by atoms with Crippen molar-refractivity contribution in [2.75, 3.05) is 24.4 Å². The van der Waals surface area contributed by atoms with Crippen LogP contribution in [0.15, 0.2) is 66.7 Å². The third kappa shape index (κ3) is 6.06. The molecule has 0 spiro atoms. The monoisotopic (exact) mass is 392 g/mol. The van der Waals surface area contributed by atoms with E-state index in [1.165, 1.54) is 22.8 Å². The highest BCUT2D eigenvalue weighted by Gasteiger charge is 2.15. The van der Waals surface area contributed by atoms with Gasteiger partial charge in [0.05, 0.1) is 24.0 Å². The van der Waals surface area contributed by atoms with Crippen LogP contribution in [0.1, 0.15) is 22.3 Å². The average Bonchev–Trinajstić information content (AvgIpc) is 2.71. The van der Waals surface area contributed by atoms with E-state index in [4.69, 9.17) is 4.74 Å². The molecule has 0 amide bonds. The van der Waals surface area contributed by atoms with Gasteiger partial charge >= 0.3 is 0 Å². The van der Waals surface area contributed by atoms with Gasteiger partial charge in [0.2, 0.25) is 0 Å². The first-order valence-corrected chi connectivity index (χ1v) is 9.94. The molecule has 0 aliphatic heterocycles. The second kappa shape index (κ2) is 10.1. The van der Waals surface area contributed by atoms with Gasteiger partial charge in [-0.05, 0) is 43.5 Å². The van der Waals surface area contributed by atoms with Crippen molar-refractivity contribution in [3.8, 4) is 0 Å². The highest BCUT2D eigenvalue weighted by molar-refractivity contribution is 5.70. The fourth-order valence-corrected chi connectivity index (χ4v) is 3.29. The summed E-state index contributed by atoms with van der Waals surface area (Å²) in [4.78, 5) is 0. The van der Waals surface area contributed by atoms with Crippen LogP contribution in [0.5, 0.6) is 0 Å². The van der Waals surface area contributed by atoms with Gasteiger partial charge in [0, 0.05) is 13.7 Å². The molecule has 3 aromatic rings. The third-order valence-corrected chi connectivity index (χ3v) is 4.94. The lowest BCUT2D eigenvalue weighted by molar-refractivity contribution is 0.185. The molecule has 1 unspecified atom stereocenters. The van der Waals surface area contributed by atoms with Crippen molar-refractivity contribution < 1.29 is 9.13 Å². The molecular weight excluding hydrogens is 363 g/mol. The molecule has 0 heterocycles. The van der Waals surface area contributed by atoms with Gasteiger partial charge in [-0.1, -0.05) is 65.7 Å². The normalized spacial score (nSPS) is 11.9. The number of para-hydroxylation sites is 1. The number of ether oxygens (including phenoxy) is 1. The molecule has 0 aliphatic carbocycles. The van der Waals surface area contributed by atoms with E-state index in [0.717, 1.165) is 17.7 Å². The van der Waals surface area contributed by atoms with Crippen LogP contribution in [0.4, 0.5) is 15.8 Å². The standard InChI is InChI=1S/C25H29FN2O/c1-18-7-11-20(12-8-18)15-22(17-29-3)28-25-23(26)5-4-6-24(25)27-16-21-13-9-19(2)10-14-21/h4-14,22,27-28H,15-17H2,1-3H3. The fourth-order valence-electron chi connectivity index (χ4n) is 3.29. The van der Waals surface area contributed by atoms with Crippen LogP contribution in [0, 0.1) is 19.7 Å². The molecule has 1 atom stereocenters. The Hall–Kier alpha value is -2.85. The number of hydrogen-bond acceptors (Lipinski definition) is 3. The van der Waals surface area contributed by atoms with E-state index in [9.17, 15) is 4.39 Å². The topological polar surface area (TPSA) is 33.3 Å². The number of aryl methyl sites for hydroxylation is 2. The maximum Gasteiger partial charge on any atom is 0.148 e. The van der Waals surface area contributed by atoms with Crippen LogP contribution in [0.3, 0.4) is 0 Å². The molecule has 2 N–H and O–H groups in total. The number of halogens is 1. The summed E-state index contributed by atoms with van der Waals surface area (Å²) in [6.07, 6.45) is 0.750. The molecule has 0 aromatic heterocycles. The maximum atomic E-state index is 14.7. The number of hydrogen-bond donors (Lipinski definition) is 2. The Kier molecular flexibility index (Phi) is 7.25. The quantitative estimate of drug-likeness (QED) is 0.488. The van der Waals surface area contributed by atoms with E-state index < -0.39 is 0 Å². The van der Waals surface area contributed by atoms with Crippen LogP contribution in [-0.4, -0.2) is 19.8 Å². The lowest BCUT2D eigenvalue weighted by atomic mass is 10.0. The molecular formula is C25H29FN2O. The van der Waals surface area contributed by atoms with Gasteiger partial charge in [-0.3, -0.25) is 0 Å². The zero-order valence-electron chi connectivity index (χ0n) is 17.3. The zero-order chi connectivity index (χ0) is 20.6. The second-order valence-corrected chi connectivity index (χ2v) is 7.49. The van der Waals surface area contributed by atoms with Crippen LogP contribution in [0.2, 0.25) is 0 Å². The highest BCUT2D eigenvalue weighted by Crippen LogP contribution is 2.27. The third-order valence-electron chi connectivity index (χ3n) is 4.94. The van der Waals surface area contributed by atoms with E-state index in [2.05, 4.69) is 73.0 Å². The summed E-state index contributed by atoms with van der Waals surface area (Å²) >= 11 is 0. The fraction of sp³-hybridized carbons (Fsp3) is 0.280. The summed E-state index contributed by atoms with van der Waals surface area (Å²) in [5.74, 6) is -0.274. The highest BCUT2D eigenvalue weighted by atomic mass is 19.1. The molecule has 3 nitrogen and oxygen atoms in total. The molecule has 0 fully saturated rings. The molecule has 3 aromatic carbocycles. The molecule has 3 rings (SSSR count). The zero-order valence-corrected chi connectivity index (χ0v) is 17.3. The van der Waals surface area contributed by atoms with Gasteiger partial charge in [-0.15, -0.1) is 0 Å². The van der Waals surface area contributed by atoms with E-state index in [1.54, 1.807) is 13.2 Å². The number of methoxy groups -OCH3 is 1. The SMILES string of the molecule is COCC(Cc1ccc(C)cc1)Nc1c(F)cccc1NCc1ccc(C)cc1. The van der Waals surface area contributed by atoms with E-state index >= 15 is 0 Å². The number of benzene rings is 3. The average molecular weight is 393 g/mol. The predicted molar refractivity (Wildman–Crippen MR) is 119 cm³/mol. The minimum absolute atomic E-state index is 0.0421. The van der Waals surface area contributed by atoms with Crippen molar-refractivity contribution in [3.05, 3.63) is 94.8 Å². The Morgan fingerprint density at radius 3 is 2.10 bits per heavy atom. The van der Waals surface area contributed by atoms with Gasteiger partial charge in [-0.25, -0.2) is 4.39 Å². The molecule has 152 valence electrons. The Balaban J connectivity index is 1.74.